The molecule has 7 nitrogen and oxygen atoms in total. The summed E-state index contributed by atoms with van der Waals surface area (Å²) in [6.45, 7) is 2.76. The Kier molecular flexibility index (Phi) is 5.38. The summed E-state index contributed by atoms with van der Waals surface area (Å²) in [7, 11) is -3.98. The third-order valence-corrected chi connectivity index (χ3v) is 7.17. The summed E-state index contributed by atoms with van der Waals surface area (Å²) in [6, 6.07) is 13.9. The maximum Gasteiger partial charge on any atom is 0.269 e. The van der Waals surface area contributed by atoms with Crippen molar-refractivity contribution in [2.24, 2.45) is 0 Å². The summed E-state index contributed by atoms with van der Waals surface area (Å²) in [5.74, 6) is -1.17. The molecule has 152 valence electrons. The van der Waals surface area contributed by atoms with Gasteiger partial charge >= 0.3 is 0 Å². The first-order valence-corrected chi connectivity index (χ1v) is 11.1. The molecule has 2 aromatic carbocycles. The molecule has 2 aliphatic heterocycles. The Morgan fingerprint density at radius 2 is 1.62 bits per heavy atom. The first-order valence-electron chi connectivity index (χ1n) is 9.69. The second-order valence-electron chi connectivity index (χ2n) is 7.34. The molecular formula is C21H23N3O4S. The van der Waals surface area contributed by atoms with Gasteiger partial charge in [0.15, 0.2) is 0 Å². The Morgan fingerprint density at radius 1 is 0.966 bits per heavy atom. The maximum atomic E-state index is 12.6. The van der Waals surface area contributed by atoms with E-state index < -0.39 is 28.4 Å². The number of carbonyl (C=O) groups excluding carboxylic acids is 2. The fourth-order valence-electron chi connectivity index (χ4n) is 3.83. The van der Waals surface area contributed by atoms with Gasteiger partial charge in [0, 0.05) is 13.1 Å². The van der Waals surface area contributed by atoms with Crippen molar-refractivity contribution in [1.29, 1.82) is 0 Å². The number of sulfonamides is 1. The van der Waals surface area contributed by atoms with Crippen LogP contribution in [0.25, 0.3) is 0 Å². The monoisotopic (exact) mass is 413 g/mol. The zero-order valence-corrected chi connectivity index (χ0v) is 16.8. The van der Waals surface area contributed by atoms with Gasteiger partial charge in [0.25, 0.3) is 15.9 Å². The van der Waals surface area contributed by atoms with Crippen LogP contribution in [0.1, 0.15) is 34.3 Å². The van der Waals surface area contributed by atoms with Gasteiger partial charge in [0.2, 0.25) is 5.91 Å². The van der Waals surface area contributed by atoms with E-state index in [0.717, 1.165) is 30.8 Å². The lowest BCUT2D eigenvalue weighted by atomic mass is 10.1. The number of fused-ring (bicyclic) bond motifs is 1. The third-order valence-electron chi connectivity index (χ3n) is 5.39. The van der Waals surface area contributed by atoms with E-state index in [4.69, 9.17) is 0 Å². The molecule has 0 aliphatic carbocycles. The van der Waals surface area contributed by atoms with Crippen molar-refractivity contribution in [3.8, 4) is 0 Å². The van der Waals surface area contributed by atoms with E-state index in [1.165, 1.54) is 25.0 Å². The van der Waals surface area contributed by atoms with Crippen molar-refractivity contribution < 1.29 is 18.0 Å². The van der Waals surface area contributed by atoms with Crippen LogP contribution < -0.4 is 5.32 Å². The maximum absolute atomic E-state index is 12.6. The molecule has 0 unspecified atom stereocenters. The van der Waals surface area contributed by atoms with Gasteiger partial charge < -0.3 is 5.32 Å². The Morgan fingerprint density at radius 3 is 2.34 bits per heavy atom. The fourth-order valence-corrected chi connectivity index (χ4v) is 5.36. The molecule has 2 aromatic rings. The summed E-state index contributed by atoms with van der Waals surface area (Å²) in [5.41, 5.74) is 2.25. The number of benzene rings is 2. The lowest BCUT2D eigenvalue weighted by Crippen LogP contribution is -2.40. The van der Waals surface area contributed by atoms with Crippen molar-refractivity contribution >= 4 is 21.8 Å². The van der Waals surface area contributed by atoms with Crippen LogP contribution in [-0.4, -0.2) is 49.1 Å². The Bertz CT molecular complexity index is 1050. The summed E-state index contributed by atoms with van der Waals surface area (Å²) < 4.78 is 25.8. The minimum atomic E-state index is -3.98. The van der Waals surface area contributed by atoms with Gasteiger partial charge in [0.1, 0.15) is 11.4 Å². The molecule has 0 bridgehead atoms. The van der Waals surface area contributed by atoms with Crippen molar-refractivity contribution in [3.63, 3.8) is 0 Å². The largest absolute Gasteiger partial charge is 0.350 e. The lowest BCUT2D eigenvalue weighted by Gasteiger charge is -2.18. The molecule has 0 spiro atoms. The van der Waals surface area contributed by atoms with E-state index in [1.54, 1.807) is 12.1 Å². The number of nitrogens with zero attached hydrogens (tertiary/aromatic N) is 2. The topological polar surface area (TPSA) is 86.8 Å². The minimum absolute atomic E-state index is 0.0474. The molecule has 29 heavy (non-hydrogen) atoms. The standard InChI is InChI=1S/C21H23N3O4S/c25-20(15-24-21(26)18-9-3-4-10-19(18)29(24,27)28)22-13-16-7-1-2-8-17(16)14-23-11-5-6-12-23/h1-4,7-10H,5-6,11-15H2,(H,22,25). The molecule has 1 saturated heterocycles. The van der Waals surface area contributed by atoms with E-state index >= 15 is 0 Å². The van der Waals surface area contributed by atoms with Gasteiger partial charge in [-0.15, -0.1) is 0 Å². The highest BCUT2D eigenvalue weighted by Crippen LogP contribution is 2.29. The van der Waals surface area contributed by atoms with E-state index in [1.807, 2.05) is 24.3 Å². The quantitative estimate of drug-likeness (QED) is 0.780. The number of rotatable bonds is 6. The van der Waals surface area contributed by atoms with E-state index in [2.05, 4.69) is 10.2 Å². The van der Waals surface area contributed by atoms with Gasteiger partial charge in [-0.1, -0.05) is 36.4 Å². The number of nitrogens with one attached hydrogen (secondary N) is 1. The Labute approximate surface area is 170 Å². The average Bonchev–Trinajstić information content (AvgIpc) is 3.29. The van der Waals surface area contributed by atoms with Gasteiger partial charge in [-0.2, -0.15) is 0 Å². The minimum Gasteiger partial charge on any atom is -0.350 e. The molecule has 2 amide bonds. The molecule has 2 aliphatic rings. The van der Waals surface area contributed by atoms with Crippen molar-refractivity contribution in [2.45, 2.75) is 30.8 Å². The molecule has 8 heteroatoms. The first-order chi connectivity index (χ1) is 14.0. The van der Waals surface area contributed by atoms with Gasteiger partial charge in [-0.25, -0.2) is 12.7 Å². The van der Waals surface area contributed by atoms with E-state index in [-0.39, 0.29) is 17.0 Å². The zero-order valence-electron chi connectivity index (χ0n) is 16.0. The van der Waals surface area contributed by atoms with Crippen LogP contribution in [0.3, 0.4) is 0 Å². The smallest absolute Gasteiger partial charge is 0.269 e. The number of hydrogen-bond acceptors (Lipinski definition) is 5. The fraction of sp³-hybridized carbons (Fsp3) is 0.333. The van der Waals surface area contributed by atoms with Crippen LogP contribution in [0, 0.1) is 0 Å². The van der Waals surface area contributed by atoms with Crippen LogP contribution in [-0.2, 0) is 27.9 Å². The van der Waals surface area contributed by atoms with Gasteiger partial charge in [0.05, 0.1) is 5.56 Å². The highest BCUT2D eigenvalue weighted by atomic mass is 32.2. The molecule has 0 saturated carbocycles. The van der Waals surface area contributed by atoms with Crippen LogP contribution in [0.2, 0.25) is 0 Å². The van der Waals surface area contributed by atoms with E-state index in [0.29, 0.717) is 4.31 Å². The summed E-state index contributed by atoms with van der Waals surface area (Å²) >= 11 is 0. The predicted molar refractivity (Wildman–Crippen MR) is 107 cm³/mol. The SMILES string of the molecule is O=C(CN1C(=O)c2ccccc2S1(=O)=O)NCc1ccccc1CN1CCCC1. The molecule has 2 heterocycles. The number of likely N-dealkylation sites (tertiary alicyclic amines) is 1. The molecule has 0 atom stereocenters. The number of carbonyl (C=O) groups is 2. The van der Waals surface area contributed by atoms with Crippen molar-refractivity contribution in [1.82, 2.24) is 14.5 Å². The normalized spacial score (nSPS) is 18.1. The Hall–Kier alpha value is -2.71. The Balaban J connectivity index is 1.41. The molecule has 0 aromatic heterocycles. The first kappa shape index (κ1) is 19.6. The number of hydrogen-bond donors (Lipinski definition) is 1. The molecule has 1 N–H and O–H groups in total. The average molecular weight is 413 g/mol. The van der Waals surface area contributed by atoms with Crippen LogP contribution in [0.15, 0.2) is 53.4 Å². The lowest BCUT2D eigenvalue weighted by molar-refractivity contribution is -0.121. The van der Waals surface area contributed by atoms with Crippen LogP contribution in [0.5, 0.6) is 0 Å². The number of amides is 2. The molecule has 1 fully saturated rings. The van der Waals surface area contributed by atoms with Crippen LogP contribution >= 0.6 is 0 Å². The molecule has 4 rings (SSSR count). The zero-order chi connectivity index (χ0) is 20.4. The second kappa shape index (κ2) is 7.96. The predicted octanol–water partition coefficient (Wildman–Crippen LogP) is 1.74. The van der Waals surface area contributed by atoms with Crippen LogP contribution in [0.4, 0.5) is 0 Å². The summed E-state index contributed by atoms with van der Waals surface area (Å²) in [4.78, 5) is 27.2. The van der Waals surface area contributed by atoms with Gasteiger partial charge in [-0.3, -0.25) is 14.5 Å². The van der Waals surface area contributed by atoms with Crippen molar-refractivity contribution in [2.75, 3.05) is 19.6 Å². The van der Waals surface area contributed by atoms with Crippen molar-refractivity contribution in [3.05, 3.63) is 65.2 Å². The summed E-state index contributed by atoms with van der Waals surface area (Å²) in [5, 5.41) is 2.76. The summed E-state index contributed by atoms with van der Waals surface area (Å²) in [6.07, 6.45) is 2.42. The second-order valence-corrected chi connectivity index (χ2v) is 9.17. The molecular weight excluding hydrogens is 390 g/mol. The van der Waals surface area contributed by atoms with Gasteiger partial charge in [-0.05, 0) is 49.2 Å². The third kappa shape index (κ3) is 3.90. The highest BCUT2D eigenvalue weighted by molar-refractivity contribution is 7.90. The van der Waals surface area contributed by atoms with E-state index in [9.17, 15) is 18.0 Å². The highest BCUT2D eigenvalue weighted by Gasteiger charge is 2.41. The molecule has 0 radical (unpaired) electrons.